The molecule has 0 bridgehead atoms. The molecule has 2 aromatic rings. The second-order valence-electron chi connectivity index (χ2n) is 5.07. The lowest BCUT2D eigenvalue weighted by Gasteiger charge is -2.16. The largest absolute Gasteiger partial charge is 0.341 e. The Labute approximate surface area is 121 Å². The molecule has 0 saturated heterocycles. The summed E-state index contributed by atoms with van der Waals surface area (Å²) in [6, 6.07) is 2.59. The fourth-order valence-electron chi connectivity index (χ4n) is 1.92. The number of carbonyl (C=O) groups excluding carboxylic acids is 1. The molecule has 0 aromatic carbocycles. The molecule has 0 fully saturated rings. The summed E-state index contributed by atoms with van der Waals surface area (Å²) in [5.41, 5.74) is -0.0845. The van der Waals surface area contributed by atoms with Gasteiger partial charge in [-0.3, -0.25) is 9.59 Å². The number of carbonyl (C=O) groups is 1. The van der Waals surface area contributed by atoms with Crippen LogP contribution in [0.4, 0.5) is 0 Å². The molecule has 2 rings (SSSR count). The van der Waals surface area contributed by atoms with Crippen LogP contribution in [0.1, 0.15) is 49.2 Å². The zero-order valence-corrected chi connectivity index (χ0v) is 12.4. The first-order valence-corrected chi connectivity index (χ1v) is 6.64. The number of aromatic nitrogens is 5. The first-order valence-electron chi connectivity index (χ1n) is 6.64. The highest BCUT2D eigenvalue weighted by Gasteiger charge is 2.18. The molecule has 0 saturated carbocycles. The van der Waals surface area contributed by atoms with Gasteiger partial charge in [-0.25, -0.2) is 4.68 Å². The normalized spacial score (nSPS) is 12.4. The van der Waals surface area contributed by atoms with Crippen molar-refractivity contribution < 1.29 is 4.79 Å². The van der Waals surface area contributed by atoms with E-state index in [9.17, 15) is 9.59 Å². The molecule has 0 aliphatic rings. The van der Waals surface area contributed by atoms with Gasteiger partial charge in [0.25, 0.3) is 11.5 Å². The van der Waals surface area contributed by atoms with E-state index in [4.69, 9.17) is 0 Å². The minimum absolute atomic E-state index is 0.180. The molecule has 0 radical (unpaired) electrons. The molecule has 112 valence electrons. The zero-order chi connectivity index (χ0) is 15.6. The van der Waals surface area contributed by atoms with Crippen molar-refractivity contribution in [2.75, 3.05) is 0 Å². The molecule has 2 aromatic heterocycles. The molecular formula is C13H18N6O2. The molecule has 21 heavy (non-hydrogen) atoms. The Morgan fingerprint density at radius 2 is 2.00 bits per heavy atom. The summed E-state index contributed by atoms with van der Waals surface area (Å²) in [5, 5.41) is 14.6. The van der Waals surface area contributed by atoms with Gasteiger partial charge in [-0.05, 0) is 26.8 Å². The number of hydrogen-bond donors (Lipinski definition) is 1. The van der Waals surface area contributed by atoms with Crippen LogP contribution in [-0.2, 0) is 7.05 Å². The number of nitrogens with one attached hydrogen (secondary N) is 1. The molecule has 0 unspecified atom stereocenters. The summed E-state index contributed by atoms with van der Waals surface area (Å²) >= 11 is 0. The topological polar surface area (TPSA) is 94.7 Å². The summed E-state index contributed by atoms with van der Waals surface area (Å²) in [5.74, 6) is 0.305. The maximum absolute atomic E-state index is 12.1. The van der Waals surface area contributed by atoms with E-state index in [2.05, 4.69) is 20.6 Å². The highest BCUT2D eigenvalue weighted by atomic mass is 16.2. The van der Waals surface area contributed by atoms with Crippen LogP contribution >= 0.6 is 0 Å². The summed E-state index contributed by atoms with van der Waals surface area (Å²) in [6.07, 6.45) is 1.63. The predicted molar refractivity (Wildman–Crippen MR) is 75.8 cm³/mol. The predicted octanol–water partition coefficient (Wildman–Crippen LogP) is 0.444. The van der Waals surface area contributed by atoms with E-state index in [0.717, 1.165) is 4.68 Å². The van der Waals surface area contributed by atoms with Crippen LogP contribution in [0, 0.1) is 0 Å². The van der Waals surface area contributed by atoms with Gasteiger partial charge in [0.05, 0.1) is 6.04 Å². The second-order valence-corrected chi connectivity index (χ2v) is 5.07. The van der Waals surface area contributed by atoms with E-state index in [0.29, 0.717) is 5.82 Å². The third-order valence-electron chi connectivity index (χ3n) is 3.09. The molecule has 1 N–H and O–H groups in total. The number of rotatable bonds is 4. The average molecular weight is 290 g/mol. The van der Waals surface area contributed by atoms with E-state index >= 15 is 0 Å². The first kappa shape index (κ1) is 14.9. The van der Waals surface area contributed by atoms with E-state index in [1.807, 2.05) is 25.3 Å². The van der Waals surface area contributed by atoms with Crippen LogP contribution < -0.4 is 10.9 Å². The zero-order valence-electron chi connectivity index (χ0n) is 12.4. The second kappa shape index (κ2) is 5.86. The molecule has 1 atom stereocenters. The number of aryl methyl sites for hydroxylation is 1. The van der Waals surface area contributed by atoms with Gasteiger partial charge < -0.3 is 9.88 Å². The van der Waals surface area contributed by atoms with Gasteiger partial charge in [0.1, 0.15) is 12.0 Å². The van der Waals surface area contributed by atoms with Crippen LogP contribution in [0.5, 0.6) is 0 Å². The van der Waals surface area contributed by atoms with Crippen LogP contribution in [-0.4, -0.2) is 30.5 Å². The Hall–Kier alpha value is -2.51. The van der Waals surface area contributed by atoms with Gasteiger partial charge in [0.2, 0.25) is 0 Å². The number of nitrogens with zero attached hydrogens (tertiary/aromatic N) is 5. The minimum Gasteiger partial charge on any atom is -0.341 e. The van der Waals surface area contributed by atoms with Crippen molar-refractivity contribution in [1.29, 1.82) is 0 Å². The standard InChI is InChI=1S/C13H18N6O2/c1-8(2)19-7-14-16-12(19)9(3)15-13(21)10-5-6-11(20)18(4)17-10/h5-9H,1-4H3,(H,15,21)/t9-/m1/s1. The monoisotopic (exact) mass is 290 g/mol. The van der Waals surface area contributed by atoms with Crippen molar-refractivity contribution in [1.82, 2.24) is 29.9 Å². The smallest absolute Gasteiger partial charge is 0.272 e. The average Bonchev–Trinajstić information content (AvgIpc) is 2.91. The molecule has 0 aliphatic heterocycles. The van der Waals surface area contributed by atoms with Crippen molar-refractivity contribution in [3.05, 3.63) is 40.3 Å². The maximum Gasteiger partial charge on any atom is 0.272 e. The molecule has 0 aliphatic carbocycles. The van der Waals surface area contributed by atoms with Crippen molar-refractivity contribution in [2.24, 2.45) is 7.05 Å². The third kappa shape index (κ3) is 3.15. The Morgan fingerprint density at radius 3 is 2.62 bits per heavy atom. The first-order chi connectivity index (χ1) is 9.90. The van der Waals surface area contributed by atoms with E-state index in [1.165, 1.54) is 19.2 Å². The molecule has 8 nitrogen and oxygen atoms in total. The minimum atomic E-state index is -0.364. The summed E-state index contributed by atoms with van der Waals surface area (Å²) < 4.78 is 3.01. The van der Waals surface area contributed by atoms with Gasteiger partial charge >= 0.3 is 0 Å². The number of amides is 1. The van der Waals surface area contributed by atoms with Crippen LogP contribution in [0.2, 0.25) is 0 Å². The number of hydrogen-bond acceptors (Lipinski definition) is 5. The van der Waals surface area contributed by atoms with Gasteiger partial charge in [0, 0.05) is 19.2 Å². The van der Waals surface area contributed by atoms with Crippen LogP contribution in [0.3, 0.4) is 0 Å². The van der Waals surface area contributed by atoms with Crippen molar-refractivity contribution in [3.8, 4) is 0 Å². The van der Waals surface area contributed by atoms with Crippen molar-refractivity contribution in [2.45, 2.75) is 32.9 Å². The highest BCUT2D eigenvalue weighted by molar-refractivity contribution is 5.92. The SMILES string of the molecule is CC(C)n1cnnc1[C@@H](C)NC(=O)c1ccc(=O)n(C)n1. The highest BCUT2D eigenvalue weighted by Crippen LogP contribution is 2.14. The van der Waals surface area contributed by atoms with Gasteiger partial charge in [0.15, 0.2) is 5.82 Å². The Morgan fingerprint density at radius 1 is 1.29 bits per heavy atom. The van der Waals surface area contributed by atoms with E-state index in [1.54, 1.807) is 6.33 Å². The fourth-order valence-corrected chi connectivity index (χ4v) is 1.92. The Bertz CT molecular complexity index is 703. The fraction of sp³-hybridized carbons (Fsp3) is 0.462. The quantitative estimate of drug-likeness (QED) is 0.882. The molecule has 8 heteroatoms. The third-order valence-corrected chi connectivity index (χ3v) is 3.09. The maximum atomic E-state index is 12.1. The van der Waals surface area contributed by atoms with Crippen molar-refractivity contribution >= 4 is 5.91 Å². The van der Waals surface area contributed by atoms with Gasteiger partial charge in [-0.15, -0.1) is 10.2 Å². The summed E-state index contributed by atoms with van der Waals surface area (Å²) in [7, 11) is 1.50. The summed E-state index contributed by atoms with van der Waals surface area (Å²) in [4.78, 5) is 23.4. The Kier molecular flexibility index (Phi) is 4.15. The van der Waals surface area contributed by atoms with E-state index in [-0.39, 0.29) is 29.2 Å². The molecule has 2 heterocycles. The molecule has 1 amide bonds. The molecular weight excluding hydrogens is 272 g/mol. The van der Waals surface area contributed by atoms with Gasteiger partial charge in [-0.2, -0.15) is 5.10 Å². The summed E-state index contributed by atoms with van der Waals surface area (Å²) in [6.45, 7) is 5.84. The lowest BCUT2D eigenvalue weighted by molar-refractivity contribution is 0.0930. The van der Waals surface area contributed by atoms with Crippen LogP contribution in [0.25, 0.3) is 0 Å². The van der Waals surface area contributed by atoms with Crippen LogP contribution in [0.15, 0.2) is 23.3 Å². The molecule has 0 spiro atoms. The Balaban J connectivity index is 2.17. The van der Waals surface area contributed by atoms with Gasteiger partial charge in [-0.1, -0.05) is 0 Å². The van der Waals surface area contributed by atoms with Crippen molar-refractivity contribution in [3.63, 3.8) is 0 Å². The lowest BCUT2D eigenvalue weighted by Crippen LogP contribution is -2.31. The lowest BCUT2D eigenvalue weighted by atomic mass is 10.2. The van der Waals surface area contributed by atoms with E-state index < -0.39 is 0 Å².